The topological polar surface area (TPSA) is 65.2 Å². The number of thiophene rings is 1. The fourth-order valence-corrected chi connectivity index (χ4v) is 2.80. The molecule has 0 spiro atoms. The van der Waals surface area contributed by atoms with E-state index in [1.54, 1.807) is 16.7 Å². The molecule has 2 aromatic heterocycles. The highest BCUT2D eigenvalue weighted by Crippen LogP contribution is 2.16. The standard InChI is InChI=1S/C12H14N2O2S2/c1-8(13)11-14-10(7-18-11)12(15)16-5-4-9-3-2-6-17-9/h2-3,6-8H,4-5,13H2,1H3. The Kier molecular flexibility index (Phi) is 4.46. The highest BCUT2D eigenvalue weighted by Gasteiger charge is 2.13. The van der Waals surface area contributed by atoms with Gasteiger partial charge in [-0.1, -0.05) is 6.07 Å². The van der Waals surface area contributed by atoms with Gasteiger partial charge in [0.2, 0.25) is 0 Å². The molecule has 0 aromatic carbocycles. The molecule has 0 bridgehead atoms. The highest BCUT2D eigenvalue weighted by atomic mass is 32.1. The van der Waals surface area contributed by atoms with Crippen molar-refractivity contribution in [2.24, 2.45) is 5.73 Å². The lowest BCUT2D eigenvalue weighted by atomic mass is 10.3. The van der Waals surface area contributed by atoms with E-state index in [-0.39, 0.29) is 12.0 Å². The fraction of sp³-hybridized carbons (Fsp3) is 0.333. The third kappa shape index (κ3) is 3.38. The third-order valence-electron chi connectivity index (χ3n) is 2.28. The maximum atomic E-state index is 11.7. The third-order valence-corrected chi connectivity index (χ3v) is 4.26. The summed E-state index contributed by atoms with van der Waals surface area (Å²) < 4.78 is 5.17. The Balaban J connectivity index is 1.83. The first-order valence-corrected chi connectivity index (χ1v) is 7.33. The highest BCUT2D eigenvalue weighted by molar-refractivity contribution is 7.10. The average molecular weight is 282 g/mol. The zero-order valence-electron chi connectivity index (χ0n) is 9.96. The molecular weight excluding hydrogens is 268 g/mol. The van der Waals surface area contributed by atoms with Gasteiger partial charge in [-0.15, -0.1) is 22.7 Å². The van der Waals surface area contributed by atoms with Crippen molar-refractivity contribution in [3.8, 4) is 0 Å². The molecule has 0 aliphatic rings. The number of nitrogens with two attached hydrogens (primary N) is 1. The quantitative estimate of drug-likeness (QED) is 0.856. The van der Waals surface area contributed by atoms with Crippen LogP contribution in [0.25, 0.3) is 0 Å². The molecule has 96 valence electrons. The van der Waals surface area contributed by atoms with Gasteiger partial charge in [-0.2, -0.15) is 0 Å². The lowest BCUT2D eigenvalue weighted by Gasteiger charge is -2.01. The molecule has 2 rings (SSSR count). The summed E-state index contributed by atoms with van der Waals surface area (Å²) >= 11 is 3.04. The molecule has 4 nitrogen and oxygen atoms in total. The largest absolute Gasteiger partial charge is 0.461 e. The second kappa shape index (κ2) is 6.08. The van der Waals surface area contributed by atoms with E-state index in [1.807, 2.05) is 24.4 Å². The molecule has 2 heterocycles. The van der Waals surface area contributed by atoms with E-state index in [0.29, 0.717) is 12.3 Å². The van der Waals surface area contributed by atoms with E-state index in [9.17, 15) is 4.79 Å². The van der Waals surface area contributed by atoms with Crippen LogP contribution < -0.4 is 5.73 Å². The first-order valence-electron chi connectivity index (χ1n) is 5.57. The molecule has 0 fully saturated rings. The SMILES string of the molecule is CC(N)c1nc(C(=O)OCCc2cccs2)cs1. The normalized spacial score (nSPS) is 12.3. The van der Waals surface area contributed by atoms with Crippen molar-refractivity contribution in [3.05, 3.63) is 38.5 Å². The molecule has 1 unspecified atom stereocenters. The number of rotatable bonds is 5. The smallest absolute Gasteiger partial charge is 0.357 e. The predicted molar refractivity (Wildman–Crippen MR) is 73.0 cm³/mol. The molecule has 0 amide bonds. The van der Waals surface area contributed by atoms with Gasteiger partial charge in [0, 0.05) is 16.7 Å². The number of thiazole rings is 1. The molecular formula is C12H14N2O2S2. The lowest BCUT2D eigenvalue weighted by molar-refractivity contribution is 0.0504. The number of carbonyl (C=O) groups is 1. The van der Waals surface area contributed by atoms with Crippen LogP contribution in [0.4, 0.5) is 0 Å². The fourth-order valence-electron chi connectivity index (χ4n) is 1.36. The van der Waals surface area contributed by atoms with Crippen LogP contribution in [0, 0.1) is 0 Å². The monoisotopic (exact) mass is 282 g/mol. The number of nitrogens with zero attached hydrogens (tertiary/aromatic N) is 1. The van der Waals surface area contributed by atoms with E-state index >= 15 is 0 Å². The summed E-state index contributed by atoms with van der Waals surface area (Å²) in [5.74, 6) is -0.380. The van der Waals surface area contributed by atoms with E-state index in [2.05, 4.69) is 4.98 Å². The van der Waals surface area contributed by atoms with E-state index in [4.69, 9.17) is 10.5 Å². The van der Waals surface area contributed by atoms with Gasteiger partial charge in [-0.05, 0) is 18.4 Å². The van der Waals surface area contributed by atoms with Gasteiger partial charge in [0.25, 0.3) is 0 Å². The predicted octanol–water partition coefficient (Wildman–Crippen LogP) is 2.62. The van der Waals surface area contributed by atoms with Gasteiger partial charge in [0.1, 0.15) is 5.01 Å². The minimum atomic E-state index is -0.380. The van der Waals surface area contributed by atoms with Crippen LogP contribution in [0.2, 0.25) is 0 Å². The Labute approximate surface area is 113 Å². The van der Waals surface area contributed by atoms with Crippen molar-refractivity contribution in [1.82, 2.24) is 4.98 Å². The minimum Gasteiger partial charge on any atom is -0.461 e. The minimum absolute atomic E-state index is 0.150. The van der Waals surface area contributed by atoms with Crippen LogP contribution in [0.3, 0.4) is 0 Å². The summed E-state index contributed by atoms with van der Waals surface area (Å²) in [5.41, 5.74) is 6.03. The van der Waals surface area contributed by atoms with E-state index < -0.39 is 0 Å². The first-order chi connectivity index (χ1) is 8.66. The van der Waals surface area contributed by atoms with Crippen LogP contribution >= 0.6 is 22.7 Å². The Morgan fingerprint density at radius 2 is 2.39 bits per heavy atom. The number of hydrogen-bond donors (Lipinski definition) is 1. The van der Waals surface area contributed by atoms with Crippen molar-refractivity contribution in [3.63, 3.8) is 0 Å². The summed E-state index contributed by atoms with van der Waals surface area (Å²) in [4.78, 5) is 17.0. The number of ether oxygens (including phenoxy) is 1. The van der Waals surface area contributed by atoms with Gasteiger partial charge in [0.05, 0.1) is 12.6 Å². The van der Waals surface area contributed by atoms with E-state index in [1.165, 1.54) is 16.2 Å². The Morgan fingerprint density at radius 1 is 1.56 bits per heavy atom. The zero-order valence-corrected chi connectivity index (χ0v) is 11.6. The Bertz CT molecular complexity index is 506. The van der Waals surface area contributed by atoms with Crippen molar-refractivity contribution in [2.45, 2.75) is 19.4 Å². The van der Waals surface area contributed by atoms with Gasteiger partial charge in [0.15, 0.2) is 5.69 Å². The maximum absolute atomic E-state index is 11.7. The molecule has 0 saturated heterocycles. The molecule has 18 heavy (non-hydrogen) atoms. The van der Waals surface area contributed by atoms with Crippen molar-refractivity contribution < 1.29 is 9.53 Å². The summed E-state index contributed by atoms with van der Waals surface area (Å²) in [5, 5.41) is 4.44. The summed E-state index contributed by atoms with van der Waals surface area (Å²) in [6.45, 7) is 2.22. The molecule has 0 saturated carbocycles. The van der Waals surface area contributed by atoms with Crippen LogP contribution in [-0.4, -0.2) is 17.6 Å². The molecule has 6 heteroatoms. The number of hydrogen-bond acceptors (Lipinski definition) is 6. The van der Waals surface area contributed by atoms with Crippen molar-refractivity contribution in [1.29, 1.82) is 0 Å². The molecule has 0 radical (unpaired) electrons. The van der Waals surface area contributed by atoms with Gasteiger partial charge >= 0.3 is 5.97 Å². The molecule has 2 aromatic rings. The number of aromatic nitrogens is 1. The average Bonchev–Trinajstić information content (AvgIpc) is 2.99. The number of carbonyl (C=O) groups excluding carboxylic acids is 1. The maximum Gasteiger partial charge on any atom is 0.357 e. The van der Waals surface area contributed by atoms with Gasteiger partial charge in [-0.25, -0.2) is 9.78 Å². The van der Waals surface area contributed by atoms with Crippen molar-refractivity contribution >= 4 is 28.6 Å². The molecule has 0 aliphatic heterocycles. The number of esters is 1. The molecule has 0 aliphatic carbocycles. The van der Waals surface area contributed by atoms with Crippen LogP contribution in [-0.2, 0) is 11.2 Å². The molecule has 2 N–H and O–H groups in total. The second-order valence-electron chi connectivity index (χ2n) is 3.82. The lowest BCUT2D eigenvalue weighted by Crippen LogP contribution is -2.10. The van der Waals surface area contributed by atoms with E-state index in [0.717, 1.165) is 11.4 Å². The Hall–Kier alpha value is -1.24. The summed E-state index contributed by atoms with van der Waals surface area (Å²) in [7, 11) is 0. The van der Waals surface area contributed by atoms with Gasteiger partial charge in [-0.3, -0.25) is 0 Å². The van der Waals surface area contributed by atoms with Crippen molar-refractivity contribution in [2.75, 3.05) is 6.61 Å². The van der Waals surface area contributed by atoms with Crippen LogP contribution in [0.15, 0.2) is 22.9 Å². The summed E-state index contributed by atoms with van der Waals surface area (Å²) in [6, 6.07) is 3.86. The summed E-state index contributed by atoms with van der Waals surface area (Å²) in [6.07, 6.45) is 0.744. The Morgan fingerprint density at radius 3 is 3.00 bits per heavy atom. The second-order valence-corrected chi connectivity index (χ2v) is 5.75. The molecule has 1 atom stereocenters. The van der Waals surface area contributed by atoms with Crippen LogP contribution in [0.5, 0.6) is 0 Å². The van der Waals surface area contributed by atoms with Gasteiger partial charge < -0.3 is 10.5 Å². The first kappa shape index (κ1) is 13.2. The van der Waals surface area contributed by atoms with Crippen LogP contribution in [0.1, 0.15) is 33.3 Å². The zero-order chi connectivity index (χ0) is 13.0.